The van der Waals surface area contributed by atoms with E-state index in [1.165, 1.54) is 0 Å². The van der Waals surface area contributed by atoms with E-state index in [1.807, 2.05) is 31.3 Å². The topological polar surface area (TPSA) is 51.7 Å². The van der Waals surface area contributed by atoms with Crippen LogP contribution in [0.2, 0.25) is 5.02 Å². The molecule has 1 fully saturated rings. The maximum atomic E-state index is 13.0. The van der Waals surface area contributed by atoms with Gasteiger partial charge in [-0.25, -0.2) is 0 Å². The standard InChI is InChI=1S/C19H19ClN2O3/c1-22(15-6-8-24-18(15)12-3-2-7-21-11-12)19(23)17-10-13-9-14(20)4-5-16(13)25-17/h2-5,7,9,11,15,17-18H,6,8,10H2,1H3/t15-,17?,18+/m0/s1. The monoisotopic (exact) mass is 358 g/mol. The number of aromatic nitrogens is 1. The van der Waals surface area contributed by atoms with Crippen molar-refractivity contribution in [1.29, 1.82) is 0 Å². The highest BCUT2D eigenvalue weighted by molar-refractivity contribution is 6.30. The van der Waals surface area contributed by atoms with Crippen molar-refractivity contribution in [2.45, 2.75) is 31.1 Å². The molecule has 0 aliphatic carbocycles. The van der Waals surface area contributed by atoms with Crippen molar-refractivity contribution in [2.24, 2.45) is 0 Å². The second-order valence-corrected chi connectivity index (χ2v) is 6.88. The van der Waals surface area contributed by atoms with Crippen molar-refractivity contribution >= 4 is 17.5 Å². The summed E-state index contributed by atoms with van der Waals surface area (Å²) in [6, 6.07) is 9.31. The van der Waals surface area contributed by atoms with Gasteiger partial charge in [0.2, 0.25) is 0 Å². The number of pyridine rings is 1. The molecule has 25 heavy (non-hydrogen) atoms. The van der Waals surface area contributed by atoms with Crippen LogP contribution in [-0.2, 0) is 16.0 Å². The lowest BCUT2D eigenvalue weighted by Crippen LogP contribution is -2.45. The van der Waals surface area contributed by atoms with Crippen LogP contribution < -0.4 is 4.74 Å². The first-order valence-corrected chi connectivity index (χ1v) is 8.74. The Morgan fingerprint density at radius 2 is 2.24 bits per heavy atom. The second kappa shape index (κ2) is 6.65. The Morgan fingerprint density at radius 3 is 3.04 bits per heavy atom. The Morgan fingerprint density at radius 1 is 1.36 bits per heavy atom. The highest BCUT2D eigenvalue weighted by atomic mass is 35.5. The second-order valence-electron chi connectivity index (χ2n) is 6.45. The quantitative estimate of drug-likeness (QED) is 0.846. The Hall–Kier alpha value is -2.11. The van der Waals surface area contributed by atoms with E-state index in [4.69, 9.17) is 21.1 Å². The summed E-state index contributed by atoms with van der Waals surface area (Å²) in [5.41, 5.74) is 1.97. The number of halogens is 1. The number of amides is 1. The van der Waals surface area contributed by atoms with Crippen LogP contribution in [0.3, 0.4) is 0 Å². The van der Waals surface area contributed by atoms with Crippen LogP contribution in [0.15, 0.2) is 42.7 Å². The van der Waals surface area contributed by atoms with Crippen molar-refractivity contribution in [1.82, 2.24) is 9.88 Å². The number of carbonyl (C=O) groups excluding carboxylic acids is 1. The molecule has 0 spiro atoms. The molecule has 0 N–H and O–H groups in total. The minimum Gasteiger partial charge on any atom is -0.480 e. The maximum absolute atomic E-state index is 13.0. The van der Waals surface area contributed by atoms with E-state index >= 15 is 0 Å². The van der Waals surface area contributed by atoms with Crippen LogP contribution >= 0.6 is 11.6 Å². The first-order chi connectivity index (χ1) is 12.1. The minimum atomic E-state index is -0.506. The number of hydrogen-bond donors (Lipinski definition) is 0. The zero-order chi connectivity index (χ0) is 17.4. The van der Waals surface area contributed by atoms with Crippen LogP contribution in [0.4, 0.5) is 0 Å². The minimum absolute atomic E-state index is 0.0207. The molecule has 3 heterocycles. The average molecular weight is 359 g/mol. The molecule has 0 bridgehead atoms. The fraction of sp³-hybridized carbons (Fsp3) is 0.368. The van der Waals surface area contributed by atoms with Crippen LogP contribution in [0.25, 0.3) is 0 Å². The SMILES string of the molecule is CN(C(=O)C1Cc2cc(Cl)ccc2O1)[C@H]1CCO[C@@H]1c1cccnc1. The van der Waals surface area contributed by atoms with Crippen molar-refractivity contribution < 1.29 is 14.3 Å². The Kier molecular flexibility index (Phi) is 4.36. The fourth-order valence-electron chi connectivity index (χ4n) is 3.58. The molecule has 0 saturated carbocycles. The van der Waals surface area contributed by atoms with Crippen LogP contribution in [0, 0.1) is 0 Å². The third-order valence-electron chi connectivity index (χ3n) is 4.89. The number of rotatable bonds is 3. The van der Waals surface area contributed by atoms with Gasteiger partial charge in [0.25, 0.3) is 5.91 Å². The van der Waals surface area contributed by atoms with Crippen LogP contribution in [0.1, 0.15) is 23.7 Å². The van der Waals surface area contributed by atoms with Gasteiger partial charge in [-0.15, -0.1) is 0 Å². The van der Waals surface area contributed by atoms with E-state index < -0.39 is 6.10 Å². The molecule has 2 aromatic rings. The van der Waals surface area contributed by atoms with Crippen LogP contribution in [0.5, 0.6) is 5.75 Å². The van der Waals surface area contributed by atoms with Crippen LogP contribution in [-0.4, -0.2) is 41.6 Å². The van der Waals surface area contributed by atoms with Crippen molar-refractivity contribution in [3.63, 3.8) is 0 Å². The number of nitrogens with zero attached hydrogens (tertiary/aromatic N) is 2. The van der Waals surface area contributed by atoms with Gasteiger partial charge in [-0.05, 0) is 36.2 Å². The van der Waals surface area contributed by atoms with E-state index in [1.54, 1.807) is 23.4 Å². The fourth-order valence-corrected chi connectivity index (χ4v) is 3.78. The summed E-state index contributed by atoms with van der Waals surface area (Å²) < 4.78 is 11.7. The van der Waals surface area contributed by atoms with Crippen molar-refractivity contribution in [3.8, 4) is 5.75 Å². The Bertz CT molecular complexity index is 783. The molecule has 1 saturated heterocycles. The summed E-state index contributed by atoms with van der Waals surface area (Å²) in [5, 5.41) is 0.657. The Balaban J connectivity index is 1.49. The van der Waals surface area contributed by atoms with Crippen molar-refractivity contribution in [2.75, 3.05) is 13.7 Å². The molecule has 2 aliphatic heterocycles. The Labute approximate surface area is 151 Å². The summed E-state index contributed by atoms with van der Waals surface area (Å²) in [7, 11) is 1.82. The first-order valence-electron chi connectivity index (χ1n) is 8.37. The summed E-state index contributed by atoms with van der Waals surface area (Å²) in [5.74, 6) is 0.708. The molecule has 0 radical (unpaired) electrons. The molecule has 5 nitrogen and oxygen atoms in total. The molecule has 3 atom stereocenters. The zero-order valence-corrected chi connectivity index (χ0v) is 14.6. The van der Waals surface area contributed by atoms with E-state index in [2.05, 4.69) is 4.98 Å². The van der Waals surface area contributed by atoms with Gasteiger partial charge in [-0.2, -0.15) is 0 Å². The molecule has 1 aromatic heterocycles. The molecule has 1 unspecified atom stereocenters. The largest absolute Gasteiger partial charge is 0.480 e. The van der Waals surface area contributed by atoms with Gasteiger partial charge >= 0.3 is 0 Å². The number of likely N-dealkylation sites (N-methyl/N-ethyl adjacent to an activating group) is 1. The molecule has 1 amide bonds. The average Bonchev–Trinajstić information content (AvgIpc) is 3.27. The first kappa shape index (κ1) is 16.4. The lowest BCUT2D eigenvalue weighted by atomic mass is 10.0. The summed E-state index contributed by atoms with van der Waals surface area (Å²) in [6.45, 7) is 0.628. The van der Waals surface area contributed by atoms with Gasteiger partial charge < -0.3 is 14.4 Å². The van der Waals surface area contributed by atoms with Crippen molar-refractivity contribution in [3.05, 3.63) is 58.9 Å². The van der Waals surface area contributed by atoms with Gasteiger partial charge in [-0.3, -0.25) is 9.78 Å². The number of ether oxygens (including phenoxy) is 2. The number of hydrogen-bond acceptors (Lipinski definition) is 4. The van der Waals surface area contributed by atoms with E-state index in [0.29, 0.717) is 18.1 Å². The van der Waals surface area contributed by atoms with Gasteiger partial charge in [0.15, 0.2) is 6.10 Å². The predicted molar refractivity (Wildman–Crippen MR) is 93.7 cm³/mol. The summed E-state index contributed by atoms with van der Waals surface area (Å²) in [6.07, 6.45) is 4.22. The third-order valence-corrected chi connectivity index (χ3v) is 5.13. The van der Waals surface area contributed by atoms with Gasteiger partial charge in [0.05, 0.1) is 6.04 Å². The molecular formula is C19H19ClN2O3. The maximum Gasteiger partial charge on any atom is 0.264 e. The molecule has 130 valence electrons. The molecule has 4 rings (SSSR count). The highest BCUT2D eigenvalue weighted by Gasteiger charge is 2.39. The smallest absolute Gasteiger partial charge is 0.264 e. The molecular weight excluding hydrogens is 340 g/mol. The highest BCUT2D eigenvalue weighted by Crippen LogP contribution is 2.35. The van der Waals surface area contributed by atoms with Gasteiger partial charge in [0, 0.05) is 43.1 Å². The number of benzene rings is 1. The normalized spacial score (nSPS) is 24.6. The molecule has 1 aromatic carbocycles. The molecule has 2 aliphatic rings. The van der Waals surface area contributed by atoms with Gasteiger partial charge in [-0.1, -0.05) is 17.7 Å². The third kappa shape index (κ3) is 3.10. The predicted octanol–water partition coefficient (Wildman–Crippen LogP) is 3.03. The zero-order valence-electron chi connectivity index (χ0n) is 13.9. The lowest BCUT2D eigenvalue weighted by Gasteiger charge is -2.30. The number of carbonyl (C=O) groups is 1. The van der Waals surface area contributed by atoms with E-state index in [-0.39, 0.29) is 18.1 Å². The van der Waals surface area contributed by atoms with Gasteiger partial charge in [0.1, 0.15) is 11.9 Å². The van der Waals surface area contributed by atoms with E-state index in [9.17, 15) is 4.79 Å². The lowest BCUT2D eigenvalue weighted by molar-refractivity contribution is -0.139. The summed E-state index contributed by atoms with van der Waals surface area (Å²) in [4.78, 5) is 18.9. The van der Waals surface area contributed by atoms with E-state index in [0.717, 1.165) is 23.3 Å². The number of fused-ring (bicyclic) bond motifs is 1. The molecule has 6 heteroatoms. The summed E-state index contributed by atoms with van der Waals surface area (Å²) >= 11 is 6.03.